The normalized spacial score (nSPS) is 12.6. The van der Waals surface area contributed by atoms with Crippen molar-refractivity contribution >= 4 is 18.1 Å². The molecule has 0 bridgehead atoms. The highest BCUT2D eigenvalue weighted by atomic mass is 32.2. The van der Waals surface area contributed by atoms with Gasteiger partial charge in [0.05, 0.1) is 4.90 Å². The van der Waals surface area contributed by atoms with Crippen molar-refractivity contribution in [2.24, 2.45) is 0 Å². The molecule has 17 heavy (non-hydrogen) atoms. The summed E-state index contributed by atoms with van der Waals surface area (Å²) >= 11 is 0. The van der Waals surface area contributed by atoms with E-state index in [0.29, 0.717) is 11.4 Å². The van der Waals surface area contributed by atoms with Gasteiger partial charge < -0.3 is 0 Å². The van der Waals surface area contributed by atoms with Gasteiger partial charge >= 0.3 is 0 Å². The average Bonchev–Trinajstić information content (AvgIpc) is 2.25. The van der Waals surface area contributed by atoms with Crippen molar-refractivity contribution < 1.29 is 8.42 Å². The topological polar surface area (TPSA) is 46.2 Å². The van der Waals surface area contributed by atoms with E-state index in [-0.39, 0.29) is 0 Å². The highest BCUT2D eigenvalue weighted by Crippen LogP contribution is 2.11. The zero-order valence-corrected chi connectivity index (χ0v) is 12.5. The standard InChI is InChI=1S/C12H21NO2SSi/c1-17(2,3)11-7-10-13-16(14,15)12-8-5-4-6-9-12/h4-6,8-9,13H,7,10-11H2,1-3H3. The molecule has 1 rings (SSSR count). The van der Waals surface area contributed by atoms with Crippen LogP contribution in [0.5, 0.6) is 0 Å². The summed E-state index contributed by atoms with van der Waals surface area (Å²) in [7, 11) is -4.38. The quantitative estimate of drug-likeness (QED) is 0.639. The number of hydrogen-bond acceptors (Lipinski definition) is 2. The highest BCUT2D eigenvalue weighted by molar-refractivity contribution is 7.89. The van der Waals surface area contributed by atoms with Crippen LogP contribution in [-0.4, -0.2) is 23.0 Å². The third-order valence-electron chi connectivity index (χ3n) is 2.45. The number of hydrogen-bond donors (Lipinski definition) is 1. The van der Waals surface area contributed by atoms with Crippen molar-refractivity contribution in [3.8, 4) is 0 Å². The van der Waals surface area contributed by atoms with E-state index >= 15 is 0 Å². The molecular formula is C12H21NO2SSi. The second-order valence-electron chi connectivity index (χ2n) is 5.38. The first-order chi connectivity index (χ1) is 7.81. The van der Waals surface area contributed by atoms with Gasteiger partial charge in [-0.3, -0.25) is 0 Å². The van der Waals surface area contributed by atoms with Crippen molar-refractivity contribution in [1.29, 1.82) is 0 Å². The minimum atomic E-state index is -3.31. The summed E-state index contributed by atoms with van der Waals surface area (Å²) in [6.45, 7) is 7.40. The summed E-state index contributed by atoms with van der Waals surface area (Å²) in [4.78, 5) is 0.341. The van der Waals surface area contributed by atoms with Gasteiger partial charge in [-0.1, -0.05) is 43.9 Å². The maximum absolute atomic E-state index is 11.9. The Morgan fingerprint density at radius 2 is 1.71 bits per heavy atom. The Hall–Kier alpha value is -0.653. The van der Waals surface area contributed by atoms with E-state index in [2.05, 4.69) is 24.4 Å². The molecule has 0 amide bonds. The van der Waals surface area contributed by atoms with Gasteiger partial charge in [0.1, 0.15) is 0 Å². The SMILES string of the molecule is C[Si](C)(C)CCCNS(=O)(=O)c1ccccc1. The van der Waals surface area contributed by atoms with E-state index in [0.717, 1.165) is 12.5 Å². The van der Waals surface area contributed by atoms with Gasteiger partial charge in [0.2, 0.25) is 10.0 Å². The maximum Gasteiger partial charge on any atom is 0.240 e. The van der Waals surface area contributed by atoms with Crippen LogP contribution >= 0.6 is 0 Å². The molecule has 0 heterocycles. The first-order valence-corrected chi connectivity index (χ1v) is 11.0. The molecule has 0 unspecified atom stereocenters. The molecule has 0 aliphatic heterocycles. The smallest absolute Gasteiger partial charge is 0.211 e. The maximum atomic E-state index is 11.9. The lowest BCUT2D eigenvalue weighted by molar-refractivity contribution is 0.580. The fourth-order valence-corrected chi connectivity index (χ4v) is 3.84. The molecular weight excluding hydrogens is 250 g/mol. The lowest BCUT2D eigenvalue weighted by Gasteiger charge is -2.15. The Balaban J connectivity index is 2.47. The Bertz CT molecular complexity index is 437. The van der Waals surface area contributed by atoms with Crippen LogP contribution in [0.25, 0.3) is 0 Å². The molecule has 1 aromatic rings. The van der Waals surface area contributed by atoms with Crippen molar-refractivity contribution in [2.75, 3.05) is 6.54 Å². The molecule has 3 nitrogen and oxygen atoms in total. The van der Waals surface area contributed by atoms with Gasteiger partial charge in [-0.05, 0) is 18.6 Å². The van der Waals surface area contributed by atoms with Crippen LogP contribution in [0, 0.1) is 0 Å². The summed E-state index contributed by atoms with van der Waals surface area (Å²) in [5.41, 5.74) is 0. The summed E-state index contributed by atoms with van der Waals surface area (Å²) in [5, 5.41) is 0. The van der Waals surface area contributed by atoms with Crippen molar-refractivity contribution in [1.82, 2.24) is 4.72 Å². The molecule has 1 aromatic carbocycles. The van der Waals surface area contributed by atoms with Crippen LogP contribution in [0.2, 0.25) is 25.7 Å². The van der Waals surface area contributed by atoms with E-state index in [1.54, 1.807) is 24.3 Å². The number of nitrogens with one attached hydrogen (secondary N) is 1. The van der Waals surface area contributed by atoms with Crippen LogP contribution in [0.4, 0.5) is 0 Å². The molecule has 0 aliphatic carbocycles. The fourth-order valence-electron chi connectivity index (χ4n) is 1.51. The van der Waals surface area contributed by atoms with Crippen LogP contribution in [0.1, 0.15) is 6.42 Å². The van der Waals surface area contributed by atoms with Gasteiger partial charge in [0, 0.05) is 14.6 Å². The molecule has 0 fully saturated rings. The van der Waals surface area contributed by atoms with Gasteiger partial charge in [0.25, 0.3) is 0 Å². The molecule has 0 spiro atoms. The van der Waals surface area contributed by atoms with Crippen LogP contribution in [-0.2, 0) is 10.0 Å². The second kappa shape index (κ2) is 5.80. The predicted molar refractivity (Wildman–Crippen MR) is 74.4 cm³/mol. The molecule has 0 saturated carbocycles. The molecule has 0 aromatic heterocycles. The van der Waals surface area contributed by atoms with Crippen molar-refractivity contribution in [2.45, 2.75) is 37.0 Å². The second-order valence-corrected chi connectivity index (χ2v) is 12.8. The molecule has 5 heteroatoms. The first-order valence-electron chi connectivity index (χ1n) is 5.86. The largest absolute Gasteiger partial charge is 0.240 e. The lowest BCUT2D eigenvalue weighted by atomic mass is 10.4. The Kier molecular flexibility index (Phi) is 4.91. The Morgan fingerprint density at radius 3 is 2.24 bits per heavy atom. The summed E-state index contributed by atoms with van der Waals surface area (Å²) < 4.78 is 26.4. The molecule has 1 N–H and O–H groups in total. The minimum Gasteiger partial charge on any atom is -0.211 e. The predicted octanol–water partition coefficient (Wildman–Crippen LogP) is 2.69. The van der Waals surface area contributed by atoms with Crippen LogP contribution < -0.4 is 4.72 Å². The fraction of sp³-hybridized carbons (Fsp3) is 0.500. The van der Waals surface area contributed by atoms with Crippen molar-refractivity contribution in [3.63, 3.8) is 0 Å². The van der Waals surface area contributed by atoms with Gasteiger partial charge in [-0.15, -0.1) is 0 Å². The Morgan fingerprint density at radius 1 is 1.12 bits per heavy atom. The lowest BCUT2D eigenvalue weighted by Crippen LogP contribution is -2.27. The molecule has 0 aliphatic rings. The van der Waals surface area contributed by atoms with Crippen molar-refractivity contribution in [3.05, 3.63) is 30.3 Å². The van der Waals surface area contributed by atoms with Crippen LogP contribution in [0.15, 0.2) is 35.2 Å². The number of sulfonamides is 1. The van der Waals surface area contributed by atoms with E-state index < -0.39 is 18.1 Å². The Labute approximate surface area is 105 Å². The minimum absolute atomic E-state index is 0.341. The third-order valence-corrected chi connectivity index (χ3v) is 5.78. The van der Waals surface area contributed by atoms with E-state index in [4.69, 9.17) is 0 Å². The number of rotatable bonds is 6. The molecule has 0 radical (unpaired) electrons. The van der Waals surface area contributed by atoms with E-state index in [1.807, 2.05) is 6.07 Å². The van der Waals surface area contributed by atoms with E-state index in [9.17, 15) is 8.42 Å². The zero-order chi connectivity index (χ0) is 12.9. The molecule has 96 valence electrons. The summed E-state index contributed by atoms with van der Waals surface area (Å²) in [6, 6.07) is 9.64. The van der Waals surface area contributed by atoms with Crippen LogP contribution in [0.3, 0.4) is 0 Å². The summed E-state index contributed by atoms with van der Waals surface area (Å²) in [6.07, 6.45) is 0.918. The number of benzene rings is 1. The van der Waals surface area contributed by atoms with Gasteiger partial charge in [-0.25, -0.2) is 13.1 Å². The van der Waals surface area contributed by atoms with Gasteiger partial charge in [-0.2, -0.15) is 0 Å². The first kappa shape index (κ1) is 14.4. The third kappa shape index (κ3) is 5.47. The van der Waals surface area contributed by atoms with Gasteiger partial charge in [0.15, 0.2) is 0 Å². The van der Waals surface area contributed by atoms with E-state index in [1.165, 1.54) is 0 Å². The monoisotopic (exact) mass is 271 g/mol. The molecule has 0 atom stereocenters. The average molecular weight is 271 g/mol. The zero-order valence-electron chi connectivity index (χ0n) is 10.7. The highest BCUT2D eigenvalue weighted by Gasteiger charge is 2.15. The molecule has 0 saturated heterocycles. The summed E-state index contributed by atoms with van der Waals surface area (Å²) in [5.74, 6) is 0.